The van der Waals surface area contributed by atoms with Crippen molar-refractivity contribution in [2.75, 3.05) is 12.8 Å². The minimum absolute atomic E-state index is 0.580. The lowest BCUT2D eigenvalue weighted by atomic mass is 10.0. The highest BCUT2D eigenvalue weighted by atomic mass is 16.5. The SMILES string of the molecule is COc1nccc2c(-c3cc(N)c(C)cc3Oc3cccnc3)cn(C)c12. The Hall–Kier alpha value is -3.54. The number of nitrogens with two attached hydrogens (primary N) is 1. The first kappa shape index (κ1) is 16.9. The number of ether oxygens (including phenoxy) is 2. The maximum Gasteiger partial charge on any atom is 0.238 e. The molecular formula is C21H20N4O2. The summed E-state index contributed by atoms with van der Waals surface area (Å²) in [5.74, 6) is 1.97. The summed E-state index contributed by atoms with van der Waals surface area (Å²) in [5.41, 5.74) is 10.7. The maximum atomic E-state index is 6.22. The molecule has 0 saturated heterocycles. The van der Waals surface area contributed by atoms with Crippen LogP contribution in [0.4, 0.5) is 5.69 Å². The molecule has 0 spiro atoms. The number of benzene rings is 1. The highest BCUT2D eigenvalue weighted by Crippen LogP contribution is 2.41. The van der Waals surface area contributed by atoms with Gasteiger partial charge in [0, 0.05) is 47.8 Å². The van der Waals surface area contributed by atoms with Gasteiger partial charge in [0.1, 0.15) is 17.0 Å². The fraction of sp³-hybridized carbons (Fsp3) is 0.143. The van der Waals surface area contributed by atoms with E-state index in [4.69, 9.17) is 15.2 Å². The summed E-state index contributed by atoms with van der Waals surface area (Å²) in [7, 11) is 3.59. The number of aromatic nitrogens is 3. The van der Waals surface area contributed by atoms with Crippen molar-refractivity contribution < 1.29 is 9.47 Å². The van der Waals surface area contributed by atoms with Gasteiger partial charge in [-0.3, -0.25) is 4.98 Å². The van der Waals surface area contributed by atoms with Crippen molar-refractivity contribution in [3.8, 4) is 28.5 Å². The molecule has 1 aromatic carbocycles. The van der Waals surface area contributed by atoms with E-state index in [9.17, 15) is 0 Å². The third-order valence-corrected chi connectivity index (χ3v) is 4.57. The Morgan fingerprint density at radius 3 is 2.70 bits per heavy atom. The molecule has 0 aliphatic carbocycles. The zero-order chi connectivity index (χ0) is 19.0. The van der Waals surface area contributed by atoms with Gasteiger partial charge in [0.05, 0.1) is 13.3 Å². The number of nitrogens with zero attached hydrogens (tertiary/aromatic N) is 3. The lowest BCUT2D eigenvalue weighted by Gasteiger charge is -2.13. The number of fused-ring (bicyclic) bond motifs is 1. The van der Waals surface area contributed by atoms with Crippen LogP contribution in [0.3, 0.4) is 0 Å². The first-order chi connectivity index (χ1) is 13.1. The second kappa shape index (κ2) is 6.64. The van der Waals surface area contributed by atoms with Crippen LogP contribution in [-0.2, 0) is 7.05 Å². The van der Waals surface area contributed by atoms with Crippen LogP contribution in [0.15, 0.2) is 55.1 Å². The van der Waals surface area contributed by atoms with E-state index in [1.807, 2.05) is 55.1 Å². The molecule has 27 heavy (non-hydrogen) atoms. The number of nitrogen functional groups attached to an aromatic ring is 1. The number of methoxy groups -OCH3 is 1. The Morgan fingerprint density at radius 2 is 1.96 bits per heavy atom. The minimum Gasteiger partial charge on any atom is -0.479 e. The monoisotopic (exact) mass is 360 g/mol. The second-order valence-electron chi connectivity index (χ2n) is 6.37. The Labute approximate surface area is 157 Å². The Kier molecular flexibility index (Phi) is 4.16. The van der Waals surface area contributed by atoms with E-state index in [0.717, 1.165) is 33.3 Å². The number of anilines is 1. The largest absolute Gasteiger partial charge is 0.479 e. The van der Waals surface area contributed by atoms with Crippen LogP contribution in [0.2, 0.25) is 0 Å². The standard InChI is InChI=1S/C21H20N4O2/c1-13-9-19(27-14-5-4-7-23-11-14)16(10-18(13)22)17-12-25(2)20-15(17)6-8-24-21(20)26-3/h4-12H,22H2,1-3H3. The summed E-state index contributed by atoms with van der Waals surface area (Å²) in [4.78, 5) is 8.43. The van der Waals surface area contributed by atoms with Crippen LogP contribution in [0, 0.1) is 6.92 Å². The average Bonchev–Trinajstić information content (AvgIpc) is 3.02. The van der Waals surface area contributed by atoms with Crippen molar-refractivity contribution in [2.24, 2.45) is 7.05 Å². The summed E-state index contributed by atoms with van der Waals surface area (Å²) in [6.45, 7) is 1.96. The van der Waals surface area contributed by atoms with Crippen molar-refractivity contribution in [1.82, 2.24) is 14.5 Å². The van der Waals surface area contributed by atoms with E-state index < -0.39 is 0 Å². The van der Waals surface area contributed by atoms with Crippen LogP contribution in [0.25, 0.3) is 22.0 Å². The van der Waals surface area contributed by atoms with Crippen molar-refractivity contribution in [2.45, 2.75) is 6.92 Å². The summed E-state index contributed by atoms with van der Waals surface area (Å²) in [5, 5.41) is 1.02. The molecule has 2 N–H and O–H groups in total. The molecule has 0 saturated carbocycles. The number of rotatable bonds is 4. The number of hydrogen-bond acceptors (Lipinski definition) is 5. The summed E-state index contributed by atoms with van der Waals surface area (Å²) < 4.78 is 13.6. The van der Waals surface area contributed by atoms with E-state index in [2.05, 4.69) is 9.97 Å². The van der Waals surface area contributed by atoms with Gasteiger partial charge in [0.2, 0.25) is 5.88 Å². The summed E-state index contributed by atoms with van der Waals surface area (Å²) in [6.07, 6.45) is 7.18. The van der Waals surface area contributed by atoms with Gasteiger partial charge in [0.15, 0.2) is 0 Å². The summed E-state index contributed by atoms with van der Waals surface area (Å²) >= 11 is 0. The molecule has 6 nitrogen and oxygen atoms in total. The Bertz CT molecular complexity index is 1120. The van der Waals surface area contributed by atoms with Gasteiger partial charge < -0.3 is 19.8 Å². The van der Waals surface area contributed by atoms with Crippen molar-refractivity contribution >= 4 is 16.6 Å². The van der Waals surface area contributed by atoms with E-state index in [1.165, 1.54) is 0 Å². The molecule has 3 aromatic heterocycles. The third-order valence-electron chi connectivity index (χ3n) is 4.57. The first-order valence-corrected chi connectivity index (χ1v) is 8.55. The molecule has 0 atom stereocenters. The molecule has 6 heteroatoms. The van der Waals surface area contributed by atoms with E-state index in [-0.39, 0.29) is 0 Å². The maximum absolute atomic E-state index is 6.22. The van der Waals surface area contributed by atoms with Crippen LogP contribution in [0.5, 0.6) is 17.4 Å². The van der Waals surface area contributed by atoms with Crippen molar-refractivity contribution in [1.29, 1.82) is 0 Å². The van der Waals surface area contributed by atoms with Crippen LogP contribution in [0.1, 0.15) is 5.56 Å². The fourth-order valence-electron chi connectivity index (χ4n) is 3.21. The van der Waals surface area contributed by atoms with Gasteiger partial charge in [-0.2, -0.15) is 0 Å². The molecule has 3 heterocycles. The molecule has 4 aromatic rings. The Morgan fingerprint density at radius 1 is 1.11 bits per heavy atom. The third kappa shape index (κ3) is 2.95. The zero-order valence-corrected chi connectivity index (χ0v) is 15.4. The molecule has 4 rings (SSSR count). The number of pyridine rings is 2. The topological polar surface area (TPSA) is 75.2 Å². The molecule has 0 aliphatic rings. The highest BCUT2D eigenvalue weighted by molar-refractivity contribution is 6.00. The van der Waals surface area contributed by atoms with Crippen LogP contribution in [-0.4, -0.2) is 21.6 Å². The Balaban J connectivity index is 1.94. The molecule has 0 aliphatic heterocycles. The van der Waals surface area contributed by atoms with E-state index >= 15 is 0 Å². The second-order valence-corrected chi connectivity index (χ2v) is 6.37. The highest BCUT2D eigenvalue weighted by Gasteiger charge is 2.18. The molecule has 0 radical (unpaired) electrons. The van der Waals surface area contributed by atoms with Gasteiger partial charge in [0.25, 0.3) is 0 Å². The smallest absolute Gasteiger partial charge is 0.238 e. The van der Waals surface area contributed by atoms with E-state index in [1.54, 1.807) is 25.7 Å². The van der Waals surface area contributed by atoms with Gasteiger partial charge in [-0.25, -0.2) is 4.98 Å². The molecular weight excluding hydrogens is 340 g/mol. The van der Waals surface area contributed by atoms with Crippen molar-refractivity contribution in [3.05, 3.63) is 60.7 Å². The molecule has 136 valence electrons. The van der Waals surface area contributed by atoms with Crippen molar-refractivity contribution in [3.63, 3.8) is 0 Å². The van der Waals surface area contributed by atoms with Gasteiger partial charge in [-0.15, -0.1) is 0 Å². The lowest BCUT2D eigenvalue weighted by Crippen LogP contribution is -1.95. The normalized spacial score (nSPS) is 10.9. The molecule has 0 amide bonds. The fourth-order valence-corrected chi connectivity index (χ4v) is 3.21. The predicted molar refractivity (Wildman–Crippen MR) is 106 cm³/mol. The number of hydrogen-bond donors (Lipinski definition) is 1. The lowest BCUT2D eigenvalue weighted by molar-refractivity contribution is 0.401. The summed E-state index contributed by atoms with van der Waals surface area (Å²) in [6, 6.07) is 9.58. The quantitative estimate of drug-likeness (QED) is 0.548. The average molecular weight is 360 g/mol. The van der Waals surface area contributed by atoms with Crippen LogP contribution < -0.4 is 15.2 Å². The minimum atomic E-state index is 0.580. The molecule has 0 fully saturated rings. The van der Waals surface area contributed by atoms with E-state index in [0.29, 0.717) is 17.3 Å². The van der Waals surface area contributed by atoms with Gasteiger partial charge in [-0.05, 0) is 42.8 Å². The molecule has 0 bridgehead atoms. The first-order valence-electron chi connectivity index (χ1n) is 8.55. The predicted octanol–water partition coefficient (Wildman–Crippen LogP) is 4.33. The van der Waals surface area contributed by atoms with Gasteiger partial charge in [-0.1, -0.05) is 0 Å². The number of aryl methyl sites for hydroxylation is 2. The van der Waals surface area contributed by atoms with Crippen LogP contribution >= 0.6 is 0 Å². The molecule has 0 unspecified atom stereocenters. The van der Waals surface area contributed by atoms with Gasteiger partial charge >= 0.3 is 0 Å². The zero-order valence-electron chi connectivity index (χ0n) is 15.4.